The monoisotopic (exact) mass is 1090 g/mol. The lowest BCUT2D eigenvalue weighted by Crippen LogP contribution is -2.59. The van der Waals surface area contributed by atoms with E-state index in [0.29, 0.717) is 12.0 Å². The number of nitrogens with zero attached hydrogens (tertiary/aromatic N) is 4. The predicted molar refractivity (Wildman–Crippen MR) is 291 cm³/mol. The molecular formula is C54H91N11O12. The molecule has 0 saturated carbocycles. The molecule has 1 rings (SSSR count). The first kappa shape index (κ1) is 68.4. The summed E-state index contributed by atoms with van der Waals surface area (Å²) in [7, 11) is 7.24. The molecule has 0 aliphatic carbocycles. The maximum Gasteiger partial charge on any atom is 0.322 e. The van der Waals surface area contributed by atoms with Crippen molar-refractivity contribution in [1.82, 2.24) is 56.8 Å². The first-order chi connectivity index (χ1) is 35.7. The van der Waals surface area contributed by atoms with Crippen molar-refractivity contribution in [3.05, 3.63) is 35.9 Å². The first-order valence-electron chi connectivity index (χ1n) is 26.5. The molecule has 0 aromatic heterocycles. The van der Waals surface area contributed by atoms with E-state index < -0.39 is 127 Å². The van der Waals surface area contributed by atoms with Crippen LogP contribution in [-0.2, 0) is 59.2 Å². The maximum atomic E-state index is 14.2. The van der Waals surface area contributed by atoms with Crippen LogP contribution in [0.5, 0.6) is 0 Å². The smallest absolute Gasteiger partial charge is 0.322 e. The van der Waals surface area contributed by atoms with E-state index in [1.165, 1.54) is 58.8 Å². The molecule has 0 aliphatic heterocycles. The Morgan fingerprint density at radius 2 is 0.857 bits per heavy atom. The third-order valence-electron chi connectivity index (χ3n) is 13.1. The van der Waals surface area contributed by atoms with E-state index in [0.717, 1.165) is 9.80 Å². The van der Waals surface area contributed by atoms with Gasteiger partial charge in [0.1, 0.15) is 54.9 Å². The molecule has 0 radical (unpaired) electrons. The van der Waals surface area contributed by atoms with Crippen molar-refractivity contribution in [2.75, 3.05) is 48.3 Å². The highest BCUT2D eigenvalue weighted by Gasteiger charge is 2.38. The Hall–Kier alpha value is -6.65. The van der Waals surface area contributed by atoms with Gasteiger partial charge in [-0.2, -0.15) is 0 Å². The summed E-state index contributed by atoms with van der Waals surface area (Å²) in [4.78, 5) is 152. The Morgan fingerprint density at radius 1 is 0.442 bits per heavy atom. The van der Waals surface area contributed by atoms with Crippen LogP contribution in [0, 0.1) is 23.7 Å². The number of hydrogen-bond donors (Lipinski definition) is 8. The maximum absolute atomic E-state index is 14.2. The highest BCUT2D eigenvalue weighted by molar-refractivity contribution is 5.98. The molecule has 77 heavy (non-hydrogen) atoms. The lowest BCUT2D eigenvalue weighted by atomic mass is 9.98. The van der Waals surface area contributed by atoms with Crippen molar-refractivity contribution in [3.63, 3.8) is 0 Å². The van der Waals surface area contributed by atoms with Gasteiger partial charge in [0.25, 0.3) is 0 Å². The zero-order chi connectivity index (χ0) is 59.2. The molecule has 0 bridgehead atoms. The third kappa shape index (κ3) is 22.8. The molecule has 1 aromatic rings. The summed E-state index contributed by atoms with van der Waals surface area (Å²) in [6.45, 7) is 19.7. The Balaban J connectivity index is 3.26. The minimum Gasteiger partial charge on any atom is -0.480 e. The van der Waals surface area contributed by atoms with Crippen molar-refractivity contribution in [2.24, 2.45) is 23.7 Å². The Labute approximate surface area is 455 Å². The second-order valence-electron chi connectivity index (χ2n) is 21.7. The van der Waals surface area contributed by atoms with Crippen LogP contribution in [0.25, 0.3) is 0 Å². The molecule has 8 N–H and O–H groups in total. The van der Waals surface area contributed by atoms with E-state index in [1.807, 2.05) is 55.4 Å². The van der Waals surface area contributed by atoms with Crippen LogP contribution >= 0.6 is 0 Å². The number of amides is 10. The van der Waals surface area contributed by atoms with Gasteiger partial charge in [0.05, 0.1) is 12.6 Å². The van der Waals surface area contributed by atoms with Crippen molar-refractivity contribution >= 4 is 65.0 Å². The number of likely N-dealkylation sites (N-methyl/N-ethyl adjacent to an activating group) is 5. The van der Waals surface area contributed by atoms with Crippen molar-refractivity contribution < 1.29 is 57.8 Å². The topological polar surface area (TPSA) is 305 Å². The van der Waals surface area contributed by atoms with Gasteiger partial charge < -0.3 is 61.9 Å². The molecule has 434 valence electrons. The number of nitrogens with one attached hydrogen (secondary N) is 7. The fraction of sp³-hybridized carbons (Fsp3) is 0.685. The molecule has 0 fully saturated rings. The molecule has 9 atom stereocenters. The summed E-state index contributed by atoms with van der Waals surface area (Å²) in [5.41, 5.74) is 0.684. The molecule has 0 aliphatic rings. The number of aliphatic carboxylic acids is 1. The number of carbonyl (C=O) groups excluding carboxylic acids is 10. The summed E-state index contributed by atoms with van der Waals surface area (Å²) >= 11 is 0. The summed E-state index contributed by atoms with van der Waals surface area (Å²) < 4.78 is 0. The number of carbonyl (C=O) groups is 11. The average Bonchev–Trinajstić information content (AvgIpc) is 3.36. The minimum atomic E-state index is -1.26. The molecule has 0 saturated heterocycles. The van der Waals surface area contributed by atoms with Crippen LogP contribution in [0.2, 0.25) is 0 Å². The SMILES string of the molecule is CN[C@@H](C)C(=O)N[C@@H](CC(C)C)C(=O)N(C)[C@@H](CC(C)C)C(=O)N[C@@H](C)C(=O)N(C)[C@@H](Cc1ccccc1)C(=O)NCC(=O)N(C)[C@@H](C)C(=O)N[C@@H](CC(C)C)C(=O)N[C@@H](C)C(=O)N(C)[C@@H](CC(C)C)C(=O)NCC(=O)O. The van der Waals surface area contributed by atoms with Gasteiger partial charge in [-0.15, -0.1) is 0 Å². The summed E-state index contributed by atoms with van der Waals surface area (Å²) in [5, 5.41) is 27.7. The van der Waals surface area contributed by atoms with Crippen LogP contribution in [0.3, 0.4) is 0 Å². The first-order valence-corrected chi connectivity index (χ1v) is 26.5. The highest BCUT2D eigenvalue weighted by Crippen LogP contribution is 2.18. The molecule has 1 aromatic carbocycles. The molecule has 10 amide bonds. The molecule has 23 heteroatoms. The Morgan fingerprint density at radius 3 is 1.34 bits per heavy atom. The fourth-order valence-corrected chi connectivity index (χ4v) is 8.28. The normalized spacial score (nSPS) is 14.8. The second-order valence-corrected chi connectivity index (χ2v) is 21.7. The van der Waals surface area contributed by atoms with E-state index in [4.69, 9.17) is 5.11 Å². The lowest BCUT2D eigenvalue weighted by molar-refractivity contribution is -0.145. The lowest BCUT2D eigenvalue weighted by Gasteiger charge is -2.34. The molecule has 0 unspecified atom stereocenters. The largest absolute Gasteiger partial charge is 0.480 e. The number of rotatable bonds is 32. The van der Waals surface area contributed by atoms with Gasteiger partial charge in [-0.25, -0.2) is 0 Å². The second kappa shape index (κ2) is 32.8. The van der Waals surface area contributed by atoms with E-state index in [1.54, 1.807) is 44.3 Å². The number of hydrogen-bond acceptors (Lipinski definition) is 12. The number of benzene rings is 1. The summed E-state index contributed by atoms with van der Waals surface area (Å²) in [6, 6.07) is -0.581. The zero-order valence-corrected chi connectivity index (χ0v) is 48.6. The van der Waals surface area contributed by atoms with Crippen LogP contribution in [0.1, 0.15) is 114 Å². The van der Waals surface area contributed by atoms with Gasteiger partial charge in [-0.1, -0.05) is 85.7 Å². The fourth-order valence-electron chi connectivity index (χ4n) is 8.28. The molecule has 0 spiro atoms. The highest BCUT2D eigenvalue weighted by atomic mass is 16.4. The van der Waals surface area contributed by atoms with Crippen molar-refractivity contribution in [3.8, 4) is 0 Å². The van der Waals surface area contributed by atoms with Gasteiger partial charge in [0.15, 0.2) is 0 Å². The number of carboxylic acid groups (broad SMARTS) is 1. The minimum absolute atomic E-state index is 0.0151. The van der Waals surface area contributed by atoms with Crippen molar-refractivity contribution in [1.29, 1.82) is 0 Å². The third-order valence-corrected chi connectivity index (χ3v) is 13.1. The summed E-state index contributed by atoms with van der Waals surface area (Å²) in [6.07, 6.45) is 0.925. The van der Waals surface area contributed by atoms with Gasteiger partial charge in [0.2, 0.25) is 59.1 Å². The van der Waals surface area contributed by atoms with Gasteiger partial charge in [-0.05, 0) is 89.7 Å². The Bertz CT molecular complexity index is 2170. The van der Waals surface area contributed by atoms with E-state index in [9.17, 15) is 52.7 Å². The summed E-state index contributed by atoms with van der Waals surface area (Å²) in [5.74, 6) is -7.68. The Kier molecular flexibility index (Phi) is 29.1. The van der Waals surface area contributed by atoms with Gasteiger partial charge >= 0.3 is 5.97 Å². The molecular weight excluding hydrogens is 995 g/mol. The molecule has 0 heterocycles. The van der Waals surface area contributed by atoms with Crippen LogP contribution < -0.4 is 37.2 Å². The van der Waals surface area contributed by atoms with Crippen molar-refractivity contribution in [2.45, 2.75) is 170 Å². The predicted octanol–water partition coefficient (Wildman–Crippen LogP) is 0.645. The standard InChI is InChI=1S/C54H91N11O12/c1-30(2)23-39(48(71)58-35(10)52(75)63(15)41(25-32(5)6)49(72)57-29-45(67)68)60-47(70)37(12)62(14)44(66)28-56-50(73)43(27-38-21-19-18-20-22-38)64(16)53(76)36(11)59-51(74)42(26-33(7)8)65(17)54(77)40(24-31(3)4)61-46(69)34(9)55-13/h18-22,30-37,39-43,55H,23-29H2,1-17H3,(H,56,73)(H,57,72)(H,58,71)(H,59,74)(H,60,70)(H,61,69)(H,67,68)/t34-,35-,36-,37-,39-,40-,41-,42-,43-/m0/s1. The average molecular weight is 1090 g/mol. The van der Waals surface area contributed by atoms with E-state index in [-0.39, 0.29) is 55.3 Å². The van der Waals surface area contributed by atoms with E-state index >= 15 is 0 Å². The van der Waals surface area contributed by atoms with Crippen LogP contribution in [0.4, 0.5) is 0 Å². The number of carboxylic acids is 1. The zero-order valence-electron chi connectivity index (χ0n) is 48.6. The quantitative estimate of drug-likeness (QED) is 0.0492. The van der Waals surface area contributed by atoms with Gasteiger partial charge in [0, 0.05) is 34.6 Å². The van der Waals surface area contributed by atoms with Gasteiger partial charge in [-0.3, -0.25) is 52.7 Å². The van der Waals surface area contributed by atoms with Crippen LogP contribution in [-0.4, -0.2) is 192 Å². The van der Waals surface area contributed by atoms with Crippen LogP contribution in [0.15, 0.2) is 30.3 Å². The van der Waals surface area contributed by atoms with E-state index in [2.05, 4.69) is 37.2 Å². The molecule has 23 nitrogen and oxygen atoms in total.